The van der Waals surface area contributed by atoms with Crippen molar-refractivity contribution in [2.45, 2.75) is 82.1 Å². The zero-order valence-corrected chi connectivity index (χ0v) is 14.8. The average Bonchev–Trinajstić information content (AvgIpc) is 3.06. The lowest BCUT2D eigenvalue weighted by molar-refractivity contribution is -0.180. The summed E-state index contributed by atoms with van der Waals surface area (Å²) in [5.41, 5.74) is 0. The van der Waals surface area contributed by atoms with Gasteiger partial charge in [-0.25, -0.2) is 0 Å². The minimum absolute atomic E-state index is 0.218. The van der Waals surface area contributed by atoms with E-state index >= 15 is 0 Å². The zero-order chi connectivity index (χ0) is 16.4. The number of carbonyl (C=O) groups is 1. The van der Waals surface area contributed by atoms with E-state index in [0.29, 0.717) is 31.8 Å². The Balaban J connectivity index is 1.24. The minimum atomic E-state index is -0.330. The molecule has 2 saturated heterocycles. The fourth-order valence-corrected chi connectivity index (χ4v) is 5.37. The second kappa shape index (κ2) is 7.30. The minimum Gasteiger partial charge on any atom is -0.352 e. The summed E-state index contributed by atoms with van der Waals surface area (Å²) in [5.74, 6) is 0.727. The number of carbonyl (C=O) groups excluding carboxylic acids is 1. The maximum atomic E-state index is 12.6. The van der Waals surface area contributed by atoms with Crippen LogP contribution < -0.4 is 5.32 Å². The molecule has 0 bridgehead atoms. The Hall–Kier alpha value is -0.650. The fourth-order valence-electron chi connectivity index (χ4n) is 5.37. The highest BCUT2D eigenvalue weighted by Gasteiger charge is 2.41. The van der Waals surface area contributed by atoms with Crippen molar-refractivity contribution in [2.24, 2.45) is 5.92 Å². The second-order valence-corrected chi connectivity index (χ2v) is 8.17. The molecule has 5 nitrogen and oxygen atoms in total. The van der Waals surface area contributed by atoms with E-state index in [-0.39, 0.29) is 11.7 Å². The van der Waals surface area contributed by atoms with Crippen LogP contribution in [0.5, 0.6) is 0 Å². The molecule has 5 heteroatoms. The lowest BCUT2D eigenvalue weighted by atomic mass is 9.78. The van der Waals surface area contributed by atoms with Gasteiger partial charge in [-0.05, 0) is 51.0 Å². The Morgan fingerprint density at radius 3 is 2.50 bits per heavy atom. The van der Waals surface area contributed by atoms with E-state index in [1.807, 2.05) is 0 Å². The zero-order valence-electron chi connectivity index (χ0n) is 14.8. The van der Waals surface area contributed by atoms with Gasteiger partial charge in [-0.3, -0.25) is 9.69 Å². The van der Waals surface area contributed by atoms with Crippen molar-refractivity contribution in [3.8, 4) is 0 Å². The van der Waals surface area contributed by atoms with Crippen LogP contribution in [0.4, 0.5) is 0 Å². The molecule has 1 spiro atoms. The van der Waals surface area contributed by atoms with Gasteiger partial charge in [0.2, 0.25) is 5.91 Å². The number of piperidine rings is 1. The van der Waals surface area contributed by atoms with Crippen LogP contribution in [0, 0.1) is 5.92 Å². The molecule has 2 saturated carbocycles. The molecule has 136 valence electrons. The normalized spacial score (nSPS) is 34.2. The smallest absolute Gasteiger partial charge is 0.234 e. The quantitative estimate of drug-likeness (QED) is 0.860. The molecule has 0 unspecified atom stereocenters. The van der Waals surface area contributed by atoms with Crippen LogP contribution in [0.15, 0.2) is 0 Å². The van der Waals surface area contributed by atoms with Gasteiger partial charge in [-0.2, -0.15) is 0 Å². The number of likely N-dealkylation sites (tertiary alicyclic amines) is 1. The fraction of sp³-hybridized carbons (Fsp3) is 0.947. The lowest BCUT2D eigenvalue weighted by Gasteiger charge is -2.44. The van der Waals surface area contributed by atoms with Gasteiger partial charge in [-0.15, -0.1) is 0 Å². The summed E-state index contributed by atoms with van der Waals surface area (Å²) in [6, 6.07) is 0.955. The van der Waals surface area contributed by atoms with Crippen LogP contribution in [0.3, 0.4) is 0 Å². The lowest BCUT2D eigenvalue weighted by Crippen LogP contribution is -2.52. The topological polar surface area (TPSA) is 50.8 Å². The van der Waals surface area contributed by atoms with Gasteiger partial charge in [0.1, 0.15) is 0 Å². The molecule has 2 atom stereocenters. The molecule has 24 heavy (non-hydrogen) atoms. The Morgan fingerprint density at radius 1 is 1.00 bits per heavy atom. The molecule has 4 rings (SSSR count). The standard InChI is InChI=1S/C19H32N2O3/c22-18(14-21-11-3-5-15-4-1-2-6-17(15)21)20-16-7-9-19(10-8-16)23-12-13-24-19/h15-17H,1-14H2,(H,20,22)/t15-,17+/m1/s1. The highest BCUT2D eigenvalue weighted by molar-refractivity contribution is 5.78. The van der Waals surface area contributed by atoms with Crippen molar-refractivity contribution < 1.29 is 14.3 Å². The number of ether oxygens (including phenoxy) is 2. The van der Waals surface area contributed by atoms with E-state index in [2.05, 4.69) is 10.2 Å². The predicted molar refractivity (Wildman–Crippen MR) is 91.6 cm³/mol. The van der Waals surface area contributed by atoms with Crippen LogP contribution in [-0.2, 0) is 14.3 Å². The SMILES string of the molecule is O=C(CN1CCC[C@H]2CCCC[C@@H]21)NC1CCC2(CC1)OCCO2. The monoisotopic (exact) mass is 336 g/mol. The number of fused-ring (bicyclic) bond motifs is 1. The molecule has 2 aliphatic heterocycles. The number of amides is 1. The predicted octanol–water partition coefficient (Wildman–Crippen LogP) is 2.44. The Morgan fingerprint density at radius 2 is 1.71 bits per heavy atom. The van der Waals surface area contributed by atoms with E-state index in [4.69, 9.17) is 9.47 Å². The molecule has 4 fully saturated rings. The molecular formula is C19H32N2O3. The van der Waals surface area contributed by atoms with E-state index in [1.54, 1.807) is 0 Å². The number of nitrogens with one attached hydrogen (secondary N) is 1. The molecule has 0 radical (unpaired) electrons. The molecular weight excluding hydrogens is 304 g/mol. The van der Waals surface area contributed by atoms with Crippen LogP contribution >= 0.6 is 0 Å². The number of hydrogen-bond donors (Lipinski definition) is 1. The summed E-state index contributed by atoms with van der Waals surface area (Å²) in [7, 11) is 0. The Bertz CT molecular complexity index is 438. The summed E-state index contributed by atoms with van der Waals surface area (Å²) in [6.45, 7) is 3.13. The van der Waals surface area contributed by atoms with E-state index in [9.17, 15) is 4.79 Å². The Kier molecular flexibility index (Phi) is 5.11. The van der Waals surface area contributed by atoms with Crippen LogP contribution in [0.1, 0.15) is 64.2 Å². The third-order valence-electron chi connectivity index (χ3n) is 6.63. The molecule has 1 amide bonds. The van der Waals surface area contributed by atoms with Crippen molar-refractivity contribution in [2.75, 3.05) is 26.3 Å². The molecule has 2 aliphatic carbocycles. The largest absolute Gasteiger partial charge is 0.352 e. The van der Waals surface area contributed by atoms with E-state index < -0.39 is 0 Å². The van der Waals surface area contributed by atoms with Crippen LogP contribution in [0.2, 0.25) is 0 Å². The summed E-state index contributed by atoms with van der Waals surface area (Å²) < 4.78 is 11.5. The first-order valence-electron chi connectivity index (χ1n) is 10.1. The molecule has 0 aromatic rings. The highest BCUT2D eigenvalue weighted by atomic mass is 16.7. The van der Waals surface area contributed by atoms with Crippen molar-refractivity contribution in [3.05, 3.63) is 0 Å². The van der Waals surface area contributed by atoms with Crippen molar-refractivity contribution in [1.29, 1.82) is 0 Å². The van der Waals surface area contributed by atoms with E-state index in [1.165, 1.54) is 38.5 Å². The highest BCUT2D eigenvalue weighted by Crippen LogP contribution is 2.36. The van der Waals surface area contributed by atoms with Gasteiger partial charge >= 0.3 is 0 Å². The van der Waals surface area contributed by atoms with Crippen molar-refractivity contribution in [3.63, 3.8) is 0 Å². The first kappa shape index (κ1) is 16.8. The second-order valence-electron chi connectivity index (χ2n) is 8.17. The number of hydrogen-bond acceptors (Lipinski definition) is 4. The third kappa shape index (κ3) is 3.63. The summed E-state index contributed by atoms with van der Waals surface area (Å²) in [6.07, 6.45) is 11.8. The first-order chi connectivity index (χ1) is 11.7. The molecule has 0 aromatic heterocycles. The third-order valence-corrected chi connectivity index (χ3v) is 6.63. The maximum Gasteiger partial charge on any atom is 0.234 e. The number of nitrogens with zero attached hydrogens (tertiary/aromatic N) is 1. The first-order valence-corrected chi connectivity index (χ1v) is 10.1. The Labute approximate surface area is 145 Å². The van der Waals surface area contributed by atoms with Gasteiger partial charge in [0.15, 0.2) is 5.79 Å². The van der Waals surface area contributed by atoms with Gasteiger partial charge in [-0.1, -0.05) is 12.8 Å². The summed E-state index contributed by atoms with van der Waals surface area (Å²) in [5, 5.41) is 3.28. The van der Waals surface area contributed by atoms with Gasteiger partial charge in [0.25, 0.3) is 0 Å². The number of rotatable bonds is 3. The molecule has 0 aromatic carbocycles. The van der Waals surface area contributed by atoms with Crippen LogP contribution in [0.25, 0.3) is 0 Å². The van der Waals surface area contributed by atoms with Crippen molar-refractivity contribution >= 4 is 5.91 Å². The molecule has 4 aliphatic rings. The van der Waals surface area contributed by atoms with E-state index in [0.717, 1.165) is 38.1 Å². The van der Waals surface area contributed by atoms with Gasteiger partial charge in [0, 0.05) is 24.9 Å². The van der Waals surface area contributed by atoms with Gasteiger partial charge < -0.3 is 14.8 Å². The average molecular weight is 336 g/mol. The van der Waals surface area contributed by atoms with Crippen LogP contribution in [-0.4, -0.2) is 55.0 Å². The summed E-state index contributed by atoms with van der Waals surface area (Å²) in [4.78, 5) is 15.0. The van der Waals surface area contributed by atoms with Gasteiger partial charge in [0.05, 0.1) is 19.8 Å². The molecule has 1 N–H and O–H groups in total. The van der Waals surface area contributed by atoms with Crippen molar-refractivity contribution in [1.82, 2.24) is 10.2 Å². The maximum absolute atomic E-state index is 12.6. The molecule has 2 heterocycles. The summed E-state index contributed by atoms with van der Waals surface area (Å²) >= 11 is 0.